The standard InChI is InChI=1S/C62H41NO/c1-3-13-43(14-4-1)55-39-32-49(41-59(55)45-15-5-2-6-16-45)42-25-33-50(34-26-42)63(51-35-27-47(28-36-51)54-22-11-19-44-17-7-9-20-53(44)54)52-37-29-48(30-38-52)56-23-12-24-60-61(56)58-40-31-46-18-8-10-21-57(46)62(58)64-60/h1-41H. The number of hydrogen-bond donors (Lipinski definition) is 0. The fraction of sp³-hybridized carbons (Fsp3) is 0. The summed E-state index contributed by atoms with van der Waals surface area (Å²) < 4.78 is 6.56. The Morgan fingerprint density at radius 1 is 0.266 bits per heavy atom. The van der Waals surface area contributed by atoms with Crippen LogP contribution < -0.4 is 4.90 Å². The van der Waals surface area contributed by atoms with E-state index >= 15 is 0 Å². The molecule has 0 spiro atoms. The molecular weight excluding hydrogens is 775 g/mol. The molecule has 0 N–H and O–H groups in total. The van der Waals surface area contributed by atoms with Gasteiger partial charge in [-0.1, -0.05) is 194 Å². The second-order valence-electron chi connectivity index (χ2n) is 16.4. The van der Waals surface area contributed by atoms with Gasteiger partial charge in [-0.3, -0.25) is 0 Å². The van der Waals surface area contributed by atoms with E-state index in [1.54, 1.807) is 0 Å². The van der Waals surface area contributed by atoms with Crippen molar-refractivity contribution in [2.45, 2.75) is 0 Å². The molecule has 1 heterocycles. The number of anilines is 3. The van der Waals surface area contributed by atoms with Crippen LogP contribution in [0.15, 0.2) is 253 Å². The second kappa shape index (κ2) is 15.8. The van der Waals surface area contributed by atoms with Gasteiger partial charge in [0.1, 0.15) is 11.2 Å². The van der Waals surface area contributed by atoms with E-state index < -0.39 is 0 Å². The highest BCUT2D eigenvalue weighted by molar-refractivity contribution is 6.19. The first-order valence-corrected chi connectivity index (χ1v) is 21.9. The topological polar surface area (TPSA) is 16.4 Å². The average Bonchev–Trinajstić information content (AvgIpc) is 3.77. The van der Waals surface area contributed by atoms with Crippen molar-refractivity contribution < 1.29 is 4.42 Å². The smallest absolute Gasteiger partial charge is 0.143 e. The van der Waals surface area contributed by atoms with Crippen LogP contribution in [-0.4, -0.2) is 0 Å². The summed E-state index contributed by atoms with van der Waals surface area (Å²) in [7, 11) is 0. The Labute approximate surface area is 372 Å². The molecule has 1 aromatic heterocycles. The van der Waals surface area contributed by atoms with Gasteiger partial charge >= 0.3 is 0 Å². The normalized spacial score (nSPS) is 11.4. The van der Waals surface area contributed by atoms with E-state index in [9.17, 15) is 0 Å². The number of rotatable bonds is 8. The number of hydrogen-bond acceptors (Lipinski definition) is 2. The second-order valence-corrected chi connectivity index (χ2v) is 16.4. The lowest BCUT2D eigenvalue weighted by atomic mass is 9.91. The zero-order valence-corrected chi connectivity index (χ0v) is 35.0. The maximum atomic E-state index is 6.56. The number of fused-ring (bicyclic) bond motifs is 6. The van der Waals surface area contributed by atoms with Crippen LogP contribution in [0.2, 0.25) is 0 Å². The summed E-state index contributed by atoms with van der Waals surface area (Å²) >= 11 is 0. The van der Waals surface area contributed by atoms with Crippen LogP contribution in [0.1, 0.15) is 0 Å². The van der Waals surface area contributed by atoms with Crippen molar-refractivity contribution in [2.24, 2.45) is 0 Å². The third kappa shape index (κ3) is 6.61. The molecule has 300 valence electrons. The minimum absolute atomic E-state index is 0.895. The van der Waals surface area contributed by atoms with Crippen LogP contribution in [0.3, 0.4) is 0 Å². The Morgan fingerprint density at radius 2 is 0.750 bits per heavy atom. The van der Waals surface area contributed by atoms with E-state index in [0.29, 0.717) is 0 Å². The van der Waals surface area contributed by atoms with Crippen LogP contribution in [0.4, 0.5) is 17.1 Å². The molecule has 2 heteroatoms. The maximum absolute atomic E-state index is 6.56. The van der Waals surface area contributed by atoms with Crippen molar-refractivity contribution in [3.8, 4) is 55.6 Å². The fourth-order valence-corrected chi connectivity index (χ4v) is 9.55. The molecule has 12 rings (SSSR count). The lowest BCUT2D eigenvalue weighted by molar-refractivity contribution is 0.673. The molecule has 0 unspecified atom stereocenters. The first-order valence-electron chi connectivity index (χ1n) is 21.9. The summed E-state index contributed by atoms with van der Waals surface area (Å²) in [6, 6.07) is 89.6. The molecule has 0 bridgehead atoms. The van der Waals surface area contributed by atoms with Crippen molar-refractivity contribution in [3.63, 3.8) is 0 Å². The molecule has 0 aliphatic heterocycles. The molecule has 2 nitrogen and oxygen atoms in total. The highest BCUT2D eigenvalue weighted by atomic mass is 16.3. The summed E-state index contributed by atoms with van der Waals surface area (Å²) in [6.07, 6.45) is 0. The van der Waals surface area contributed by atoms with Crippen LogP contribution in [-0.2, 0) is 0 Å². The van der Waals surface area contributed by atoms with Gasteiger partial charge in [0.05, 0.1) is 0 Å². The van der Waals surface area contributed by atoms with E-state index in [4.69, 9.17) is 4.42 Å². The van der Waals surface area contributed by atoms with Gasteiger partial charge in [-0.25, -0.2) is 0 Å². The third-order valence-electron chi connectivity index (χ3n) is 12.7. The van der Waals surface area contributed by atoms with Crippen LogP contribution in [0, 0.1) is 0 Å². The van der Waals surface area contributed by atoms with Gasteiger partial charge in [-0.2, -0.15) is 0 Å². The molecule has 0 atom stereocenters. The molecule has 0 fully saturated rings. The summed E-state index contributed by atoms with van der Waals surface area (Å²) in [5.41, 5.74) is 17.0. The van der Waals surface area contributed by atoms with Gasteiger partial charge in [0.25, 0.3) is 0 Å². The van der Waals surface area contributed by atoms with Gasteiger partial charge in [0.15, 0.2) is 0 Å². The first kappa shape index (κ1) is 37.3. The van der Waals surface area contributed by atoms with Gasteiger partial charge < -0.3 is 9.32 Å². The van der Waals surface area contributed by atoms with Gasteiger partial charge in [-0.05, 0) is 126 Å². The quantitative estimate of drug-likeness (QED) is 0.152. The Kier molecular flexibility index (Phi) is 9.20. The van der Waals surface area contributed by atoms with Gasteiger partial charge in [0.2, 0.25) is 0 Å². The summed E-state index contributed by atoms with van der Waals surface area (Å²) in [4.78, 5) is 2.36. The Balaban J connectivity index is 0.945. The van der Waals surface area contributed by atoms with Gasteiger partial charge in [-0.15, -0.1) is 0 Å². The largest absolute Gasteiger partial charge is 0.455 e. The Hall–Kier alpha value is -8.46. The minimum Gasteiger partial charge on any atom is -0.455 e. The zero-order chi connectivity index (χ0) is 42.4. The van der Waals surface area contributed by atoms with Crippen LogP contribution >= 0.6 is 0 Å². The SMILES string of the molecule is c1ccc(-c2ccc(-c3ccc(N(c4ccc(-c5cccc6ccccc56)cc4)c4ccc(-c5cccc6oc7c8ccccc8ccc7c56)cc4)cc3)cc2-c2ccccc2)cc1. The van der Waals surface area contributed by atoms with Gasteiger partial charge in [0, 0.05) is 33.2 Å². The van der Waals surface area contributed by atoms with Crippen molar-refractivity contribution in [1.82, 2.24) is 0 Å². The monoisotopic (exact) mass is 815 g/mol. The molecular formula is C62H41NO. The predicted octanol–water partition coefficient (Wildman–Crippen LogP) is 17.7. The number of benzene rings is 11. The predicted molar refractivity (Wildman–Crippen MR) is 271 cm³/mol. The van der Waals surface area contributed by atoms with E-state index in [2.05, 4.69) is 254 Å². The average molecular weight is 816 g/mol. The van der Waals surface area contributed by atoms with E-state index in [0.717, 1.165) is 61.1 Å². The molecule has 11 aromatic carbocycles. The summed E-state index contributed by atoms with van der Waals surface area (Å²) in [5.74, 6) is 0. The molecule has 0 saturated carbocycles. The molecule has 0 aliphatic rings. The molecule has 12 aromatic rings. The highest BCUT2D eigenvalue weighted by Crippen LogP contribution is 2.43. The van der Waals surface area contributed by atoms with E-state index in [-0.39, 0.29) is 0 Å². The van der Waals surface area contributed by atoms with E-state index in [1.165, 1.54) is 55.1 Å². The van der Waals surface area contributed by atoms with Crippen molar-refractivity contribution >= 4 is 60.5 Å². The highest BCUT2D eigenvalue weighted by Gasteiger charge is 2.18. The summed E-state index contributed by atoms with van der Waals surface area (Å²) in [5, 5.41) is 7.07. The fourth-order valence-electron chi connectivity index (χ4n) is 9.55. The molecule has 0 saturated heterocycles. The molecule has 0 radical (unpaired) electrons. The molecule has 0 amide bonds. The van der Waals surface area contributed by atoms with Crippen molar-refractivity contribution in [1.29, 1.82) is 0 Å². The maximum Gasteiger partial charge on any atom is 0.143 e. The lowest BCUT2D eigenvalue weighted by Crippen LogP contribution is -2.09. The molecule has 0 aliphatic carbocycles. The Bertz CT molecular complexity index is 3620. The number of nitrogens with zero attached hydrogens (tertiary/aromatic N) is 1. The zero-order valence-electron chi connectivity index (χ0n) is 35.0. The number of furan rings is 1. The lowest BCUT2D eigenvalue weighted by Gasteiger charge is -2.26. The summed E-state index contributed by atoms with van der Waals surface area (Å²) in [6.45, 7) is 0. The third-order valence-corrected chi connectivity index (χ3v) is 12.7. The van der Waals surface area contributed by atoms with Crippen LogP contribution in [0.25, 0.3) is 99.1 Å². The van der Waals surface area contributed by atoms with Crippen LogP contribution in [0.5, 0.6) is 0 Å². The molecule has 64 heavy (non-hydrogen) atoms. The van der Waals surface area contributed by atoms with Crippen molar-refractivity contribution in [2.75, 3.05) is 4.90 Å². The Morgan fingerprint density at radius 3 is 1.42 bits per heavy atom. The van der Waals surface area contributed by atoms with Crippen molar-refractivity contribution in [3.05, 3.63) is 249 Å². The first-order chi connectivity index (χ1) is 31.7. The minimum atomic E-state index is 0.895. The van der Waals surface area contributed by atoms with E-state index in [1.807, 2.05) is 0 Å².